The van der Waals surface area contributed by atoms with Gasteiger partial charge in [0, 0.05) is 0 Å². The number of rotatable bonds is 2. The molecule has 0 aliphatic carbocycles. The number of hydrogen-bond acceptors (Lipinski definition) is 3. The average molecular weight is 277 g/mol. The summed E-state index contributed by atoms with van der Waals surface area (Å²) in [5.41, 5.74) is -0.969. The Bertz CT molecular complexity index is 551. The SMILES string of the molecule is CC(Cl)c1noc(-c2ccccc2C(F)(F)F)n1. The van der Waals surface area contributed by atoms with Gasteiger partial charge in [0.15, 0.2) is 5.82 Å². The Morgan fingerprint density at radius 1 is 1.28 bits per heavy atom. The molecule has 0 N–H and O–H groups in total. The predicted molar refractivity (Wildman–Crippen MR) is 59.0 cm³/mol. The van der Waals surface area contributed by atoms with Crippen molar-refractivity contribution in [2.75, 3.05) is 0 Å². The molecule has 0 fully saturated rings. The van der Waals surface area contributed by atoms with E-state index in [1.54, 1.807) is 6.92 Å². The van der Waals surface area contributed by atoms with Crippen LogP contribution >= 0.6 is 11.6 Å². The highest BCUT2D eigenvalue weighted by molar-refractivity contribution is 6.20. The lowest BCUT2D eigenvalue weighted by Gasteiger charge is -2.09. The van der Waals surface area contributed by atoms with Gasteiger partial charge in [0.25, 0.3) is 5.89 Å². The minimum atomic E-state index is -4.47. The van der Waals surface area contributed by atoms with Gasteiger partial charge in [-0.25, -0.2) is 0 Å². The topological polar surface area (TPSA) is 38.9 Å². The first kappa shape index (κ1) is 12.9. The summed E-state index contributed by atoms with van der Waals surface area (Å²) in [5.74, 6) is -0.0333. The van der Waals surface area contributed by atoms with Crippen LogP contribution in [0, 0.1) is 0 Å². The molecule has 2 aromatic rings. The van der Waals surface area contributed by atoms with Gasteiger partial charge in [0.2, 0.25) is 0 Å². The summed E-state index contributed by atoms with van der Waals surface area (Å²) in [5, 5.41) is 3.00. The number of benzene rings is 1. The molecule has 2 rings (SSSR count). The van der Waals surface area contributed by atoms with Crippen LogP contribution in [-0.2, 0) is 6.18 Å². The molecule has 0 saturated heterocycles. The number of hydrogen-bond donors (Lipinski definition) is 0. The Balaban J connectivity index is 2.50. The molecular formula is C11H8ClF3N2O. The summed E-state index contributed by atoms with van der Waals surface area (Å²) in [4.78, 5) is 3.84. The molecule has 3 nitrogen and oxygen atoms in total. The van der Waals surface area contributed by atoms with E-state index < -0.39 is 17.1 Å². The minimum Gasteiger partial charge on any atom is -0.334 e. The second-order valence-electron chi connectivity index (χ2n) is 3.62. The maximum atomic E-state index is 12.8. The van der Waals surface area contributed by atoms with E-state index in [0.29, 0.717) is 0 Å². The van der Waals surface area contributed by atoms with Crippen LogP contribution in [0.1, 0.15) is 23.7 Å². The molecule has 7 heteroatoms. The van der Waals surface area contributed by atoms with E-state index in [1.165, 1.54) is 18.2 Å². The first-order valence-corrected chi connectivity index (χ1v) is 5.47. The van der Waals surface area contributed by atoms with Gasteiger partial charge in [-0.2, -0.15) is 18.2 Å². The van der Waals surface area contributed by atoms with Crippen molar-refractivity contribution in [3.8, 4) is 11.5 Å². The van der Waals surface area contributed by atoms with Crippen molar-refractivity contribution >= 4 is 11.6 Å². The van der Waals surface area contributed by atoms with Crippen molar-refractivity contribution in [1.29, 1.82) is 0 Å². The lowest BCUT2D eigenvalue weighted by atomic mass is 10.1. The standard InChI is InChI=1S/C11H8ClF3N2O/c1-6(12)9-16-10(18-17-9)7-4-2-3-5-8(7)11(13,14)15/h2-6H,1H3. The van der Waals surface area contributed by atoms with E-state index in [9.17, 15) is 13.2 Å². The largest absolute Gasteiger partial charge is 0.417 e. The maximum absolute atomic E-state index is 12.8. The van der Waals surface area contributed by atoms with E-state index in [-0.39, 0.29) is 17.3 Å². The normalized spacial score (nSPS) is 13.6. The molecular weight excluding hydrogens is 269 g/mol. The van der Waals surface area contributed by atoms with Crippen LogP contribution in [-0.4, -0.2) is 10.1 Å². The van der Waals surface area contributed by atoms with Crippen LogP contribution in [0.2, 0.25) is 0 Å². The number of aromatic nitrogens is 2. The van der Waals surface area contributed by atoms with Crippen LogP contribution in [0.4, 0.5) is 13.2 Å². The second kappa shape index (κ2) is 4.61. The fourth-order valence-electron chi connectivity index (χ4n) is 1.42. The van der Waals surface area contributed by atoms with Gasteiger partial charge in [-0.05, 0) is 19.1 Å². The third-order valence-electron chi connectivity index (χ3n) is 2.26. The Morgan fingerprint density at radius 2 is 1.94 bits per heavy atom. The number of alkyl halides is 4. The Hall–Kier alpha value is -1.56. The van der Waals surface area contributed by atoms with E-state index in [4.69, 9.17) is 16.1 Å². The van der Waals surface area contributed by atoms with Crippen LogP contribution in [0.25, 0.3) is 11.5 Å². The highest BCUT2D eigenvalue weighted by Crippen LogP contribution is 2.36. The highest BCUT2D eigenvalue weighted by atomic mass is 35.5. The minimum absolute atomic E-state index is 0.152. The molecule has 0 saturated carbocycles. The molecule has 96 valence electrons. The van der Waals surface area contributed by atoms with Crippen molar-refractivity contribution in [2.45, 2.75) is 18.5 Å². The van der Waals surface area contributed by atoms with Crippen molar-refractivity contribution in [1.82, 2.24) is 10.1 Å². The highest BCUT2D eigenvalue weighted by Gasteiger charge is 2.34. The summed E-state index contributed by atoms with van der Waals surface area (Å²) >= 11 is 5.73. The van der Waals surface area contributed by atoms with Crippen LogP contribution in [0.5, 0.6) is 0 Å². The molecule has 0 radical (unpaired) electrons. The van der Waals surface area contributed by atoms with Crippen LogP contribution in [0.15, 0.2) is 28.8 Å². The van der Waals surface area contributed by atoms with Crippen molar-refractivity contribution < 1.29 is 17.7 Å². The van der Waals surface area contributed by atoms with Gasteiger partial charge in [-0.1, -0.05) is 17.3 Å². The zero-order chi connectivity index (χ0) is 13.3. The van der Waals surface area contributed by atoms with Crippen molar-refractivity contribution in [2.24, 2.45) is 0 Å². The van der Waals surface area contributed by atoms with Gasteiger partial charge in [-0.3, -0.25) is 0 Å². The first-order chi connectivity index (χ1) is 8.39. The van der Waals surface area contributed by atoms with E-state index >= 15 is 0 Å². The molecule has 0 aliphatic heterocycles. The number of halogens is 4. The third kappa shape index (κ3) is 2.48. The summed E-state index contributed by atoms with van der Waals surface area (Å²) in [7, 11) is 0. The van der Waals surface area contributed by atoms with Crippen molar-refractivity contribution in [3.05, 3.63) is 35.7 Å². The molecule has 1 unspecified atom stereocenters. The lowest BCUT2D eigenvalue weighted by Crippen LogP contribution is -2.06. The van der Waals surface area contributed by atoms with Gasteiger partial charge in [0.1, 0.15) is 0 Å². The summed E-state index contributed by atoms with van der Waals surface area (Å²) < 4.78 is 43.2. The molecule has 1 aromatic heterocycles. The summed E-state index contributed by atoms with van der Waals surface area (Å²) in [6.07, 6.45) is -4.47. The average Bonchev–Trinajstić information content (AvgIpc) is 2.77. The molecule has 18 heavy (non-hydrogen) atoms. The lowest BCUT2D eigenvalue weighted by molar-refractivity contribution is -0.137. The van der Waals surface area contributed by atoms with Gasteiger partial charge in [-0.15, -0.1) is 11.6 Å². The zero-order valence-corrected chi connectivity index (χ0v) is 9.96. The van der Waals surface area contributed by atoms with Crippen molar-refractivity contribution in [3.63, 3.8) is 0 Å². The van der Waals surface area contributed by atoms with Gasteiger partial charge >= 0.3 is 6.18 Å². The van der Waals surface area contributed by atoms with E-state index in [2.05, 4.69) is 10.1 Å². The van der Waals surface area contributed by atoms with E-state index in [1.807, 2.05) is 0 Å². The predicted octanol–water partition coefficient (Wildman–Crippen LogP) is 4.06. The van der Waals surface area contributed by atoms with Gasteiger partial charge < -0.3 is 4.52 Å². The second-order valence-corrected chi connectivity index (χ2v) is 4.27. The Labute approximate surface area is 106 Å². The summed E-state index contributed by atoms with van der Waals surface area (Å²) in [6, 6.07) is 5.01. The fourth-order valence-corrected chi connectivity index (χ4v) is 1.51. The fraction of sp³-hybridized carbons (Fsp3) is 0.273. The van der Waals surface area contributed by atoms with E-state index in [0.717, 1.165) is 6.07 Å². The number of nitrogens with zero attached hydrogens (tertiary/aromatic N) is 2. The molecule has 0 amide bonds. The smallest absolute Gasteiger partial charge is 0.334 e. The molecule has 0 bridgehead atoms. The molecule has 1 heterocycles. The Morgan fingerprint density at radius 3 is 2.50 bits per heavy atom. The Kier molecular flexibility index (Phi) is 3.30. The molecule has 1 aromatic carbocycles. The molecule has 0 aliphatic rings. The monoisotopic (exact) mass is 276 g/mol. The van der Waals surface area contributed by atoms with Crippen LogP contribution in [0.3, 0.4) is 0 Å². The zero-order valence-electron chi connectivity index (χ0n) is 9.20. The maximum Gasteiger partial charge on any atom is 0.417 e. The summed E-state index contributed by atoms with van der Waals surface area (Å²) in [6.45, 7) is 1.60. The quantitative estimate of drug-likeness (QED) is 0.777. The van der Waals surface area contributed by atoms with Crippen LogP contribution < -0.4 is 0 Å². The third-order valence-corrected chi connectivity index (χ3v) is 2.46. The molecule has 1 atom stereocenters. The van der Waals surface area contributed by atoms with Gasteiger partial charge in [0.05, 0.1) is 16.5 Å². The first-order valence-electron chi connectivity index (χ1n) is 5.04. The molecule has 0 spiro atoms.